The molecule has 0 bridgehead atoms. The first-order valence-electron chi connectivity index (χ1n) is 4.88. The van der Waals surface area contributed by atoms with Gasteiger partial charge in [-0.2, -0.15) is 5.26 Å². The minimum absolute atomic E-state index is 0.275. The number of alkyl halides is 1. The van der Waals surface area contributed by atoms with E-state index in [0.717, 1.165) is 12.5 Å². The molecule has 0 radical (unpaired) electrons. The second-order valence-corrected chi connectivity index (χ2v) is 3.95. The Morgan fingerprint density at radius 3 is 2.50 bits per heavy atom. The van der Waals surface area contributed by atoms with Crippen molar-refractivity contribution in [2.24, 2.45) is 0 Å². The lowest BCUT2D eigenvalue weighted by Crippen LogP contribution is -2.10. The number of rotatable bonds is 2. The van der Waals surface area contributed by atoms with Gasteiger partial charge in [0.25, 0.3) is 5.97 Å². The summed E-state index contributed by atoms with van der Waals surface area (Å²) in [5.41, 5.74) is 1.19. The van der Waals surface area contributed by atoms with Crippen LogP contribution in [0.5, 0.6) is 5.75 Å². The van der Waals surface area contributed by atoms with Gasteiger partial charge in [-0.1, -0.05) is 34.7 Å². The Morgan fingerprint density at radius 1 is 1.50 bits per heavy atom. The fourth-order valence-electron chi connectivity index (χ4n) is 1.02. The molecule has 0 fully saturated rings. The molecule has 1 aromatic rings. The number of hydrogen-bond donors (Lipinski definition) is 1. The molecule has 0 saturated heterocycles. The van der Waals surface area contributed by atoms with Crippen LogP contribution in [0.25, 0.3) is 0 Å². The van der Waals surface area contributed by atoms with Gasteiger partial charge in [-0.25, -0.2) is 0 Å². The van der Waals surface area contributed by atoms with E-state index < -0.39 is 5.97 Å². The van der Waals surface area contributed by atoms with Gasteiger partial charge >= 0.3 is 5.97 Å². The van der Waals surface area contributed by atoms with E-state index in [2.05, 4.69) is 0 Å². The summed E-state index contributed by atoms with van der Waals surface area (Å²) in [4.78, 5) is 20.1. The zero-order chi connectivity index (χ0) is 14.1. The van der Waals surface area contributed by atoms with E-state index in [0.29, 0.717) is 11.3 Å². The summed E-state index contributed by atoms with van der Waals surface area (Å²) in [5.74, 6) is -0.798. The highest BCUT2D eigenvalue weighted by molar-refractivity contribution is 14.1. The number of ether oxygens (including phenoxy) is 1. The Hall–Kier alpha value is -1.62. The summed E-state index contributed by atoms with van der Waals surface area (Å²) in [6.07, 6.45) is 0. The Kier molecular flexibility index (Phi) is 7.71. The topological polar surface area (TPSA) is 87.4 Å². The van der Waals surface area contributed by atoms with Gasteiger partial charge in [0.2, 0.25) is 0 Å². The van der Waals surface area contributed by atoms with E-state index in [1.807, 2.05) is 28.7 Å². The smallest absolute Gasteiger partial charge is 0.321 e. The number of benzene rings is 1. The van der Waals surface area contributed by atoms with Gasteiger partial charge in [0, 0.05) is 6.92 Å². The number of carbonyl (C=O) groups excluding carboxylic acids is 1. The number of carbonyl (C=O) groups is 2. The summed E-state index contributed by atoms with van der Waals surface area (Å²) in [7, 11) is 0. The zero-order valence-electron chi connectivity index (χ0n) is 9.94. The summed E-state index contributed by atoms with van der Waals surface area (Å²) in [6.45, 7) is 2.89. The average Bonchev–Trinajstić information content (AvgIpc) is 2.30. The van der Waals surface area contributed by atoms with Crippen LogP contribution in [0.3, 0.4) is 0 Å². The van der Waals surface area contributed by atoms with Crippen LogP contribution < -0.4 is 4.74 Å². The lowest BCUT2D eigenvalue weighted by Gasteiger charge is -2.06. The monoisotopic (exact) mass is 361 g/mol. The Morgan fingerprint density at radius 2 is 2.06 bits per heavy atom. The molecule has 0 heterocycles. The SMILES string of the molecule is CC(=O)O.Cc1cccc(C#N)c1OC(=O)CI. The number of para-hydroxylation sites is 1. The maximum Gasteiger partial charge on any atom is 0.321 e. The number of nitriles is 1. The predicted octanol–water partition coefficient (Wildman–Crippen LogP) is 2.30. The van der Waals surface area contributed by atoms with Crippen molar-refractivity contribution in [1.82, 2.24) is 0 Å². The van der Waals surface area contributed by atoms with Gasteiger partial charge in [-0.05, 0) is 18.6 Å². The second kappa shape index (κ2) is 8.47. The lowest BCUT2D eigenvalue weighted by molar-refractivity contribution is -0.134. The third-order valence-corrected chi connectivity index (χ3v) is 2.28. The average molecular weight is 361 g/mol. The molecule has 0 aliphatic heterocycles. The Bertz CT molecular complexity index is 475. The van der Waals surface area contributed by atoms with Crippen molar-refractivity contribution in [2.75, 3.05) is 4.43 Å². The summed E-state index contributed by atoms with van der Waals surface area (Å²) in [6, 6.07) is 7.18. The third-order valence-electron chi connectivity index (χ3n) is 1.66. The molecule has 1 aromatic carbocycles. The molecule has 1 rings (SSSR count). The van der Waals surface area contributed by atoms with Gasteiger partial charge in [0.1, 0.15) is 6.07 Å². The number of aliphatic carboxylic acids is 1. The molecule has 0 atom stereocenters. The number of hydrogen-bond acceptors (Lipinski definition) is 4. The van der Waals surface area contributed by atoms with Crippen LogP contribution in [0.2, 0.25) is 0 Å². The summed E-state index contributed by atoms with van der Waals surface area (Å²) < 4.78 is 5.32. The third kappa shape index (κ3) is 6.20. The molecule has 0 aliphatic carbocycles. The highest BCUT2D eigenvalue weighted by Gasteiger charge is 2.10. The van der Waals surface area contributed by atoms with Crippen LogP contribution in [0.1, 0.15) is 18.1 Å². The van der Waals surface area contributed by atoms with E-state index >= 15 is 0 Å². The van der Waals surface area contributed by atoms with Crippen molar-refractivity contribution < 1.29 is 19.4 Å². The van der Waals surface area contributed by atoms with E-state index in [1.165, 1.54) is 0 Å². The molecule has 0 aromatic heterocycles. The number of carboxylic acid groups (broad SMARTS) is 1. The highest BCUT2D eigenvalue weighted by atomic mass is 127. The molecule has 0 aliphatic rings. The molecular formula is C12H12INO4. The van der Waals surface area contributed by atoms with Crippen LogP contribution in [-0.4, -0.2) is 21.5 Å². The fourth-order valence-corrected chi connectivity index (χ4v) is 1.17. The maximum absolute atomic E-state index is 11.1. The molecule has 18 heavy (non-hydrogen) atoms. The van der Waals surface area contributed by atoms with E-state index in [9.17, 15) is 4.79 Å². The molecule has 1 N–H and O–H groups in total. The molecule has 0 spiro atoms. The molecule has 5 nitrogen and oxygen atoms in total. The van der Waals surface area contributed by atoms with Crippen LogP contribution >= 0.6 is 22.6 Å². The van der Waals surface area contributed by atoms with Gasteiger partial charge in [0.15, 0.2) is 5.75 Å². The van der Waals surface area contributed by atoms with E-state index in [-0.39, 0.29) is 10.4 Å². The van der Waals surface area contributed by atoms with Crippen molar-refractivity contribution in [3.8, 4) is 11.8 Å². The number of carboxylic acids is 1. The van der Waals surface area contributed by atoms with Gasteiger partial charge < -0.3 is 9.84 Å². The first-order chi connectivity index (χ1) is 8.42. The van der Waals surface area contributed by atoms with Crippen LogP contribution in [-0.2, 0) is 9.59 Å². The number of nitrogens with zero attached hydrogens (tertiary/aromatic N) is 1. The first-order valence-corrected chi connectivity index (χ1v) is 6.40. The minimum Gasteiger partial charge on any atom is -0.481 e. The lowest BCUT2D eigenvalue weighted by atomic mass is 10.1. The van der Waals surface area contributed by atoms with Crippen molar-refractivity contribution in [2.45, 2.75) is 13.8 Å². The number of esters is 1. The van der Waals surface area contributed by atoms with Crippen LogP contribution in [0.4, 0.5) is 0 Å². The standard InChI is InChI=1S/C10H8INO2.C2H4O2/c1-7-3-2-4-8(6-12)10(7)14-9(13)5-11;1-2(3)4/h2-4H,5H2,1H3;1H3,(H,3,4). The highest BCUT2D eigenvalue weighted by Crippen LogP contribution is 2.22. The van der Waals surface area contributed by atoms with Gasteiger partial charge in [-0.15, -0.1) is 0 Å². The predicted molar refractivity (Wildman–Crippen MR) is 73.7 cm³/mol. The zero-order valence-corrected chi connectivity index (χ0v) is 12.1. The summed E-state index contributed by atoms with van der Waals surface area (Å²) >= 11 is 1.92. The molecule has 6 heteroatoms. The maximum atomic E-state index is 11.1. The van der Waals surface area contributed by atoms with E-state index in [4.69, 9.17) is 19.9 Å². The van der Waals surface area contributed by atoms with Gasteiger partial charge in [-0.3, -0.25) is 9.59 Å². The number of halogens is 1. The Labute approximate surface area is 119 Å². The van der Waals surface area contributed by atoms with Gasteiger partial charge in [0.05, 0.1) is 9.99 Å². The fraction of sp³-hybridized carbons (Fsp3) is 0.250. The minimum atomic E-state index is -0.833. The summed E-state index contributed by atoms with van der Waals surface area (Å²) in [5, 5.41) is 16.2. The van der Waals surface area contributed by atoms with Crippen molar-refractivity contribution in [1.29, 1.82) is 5.26 Å². The molecule has 96 valence electrons. The molecule has 0 amide bonds. The van der Waals surface area contributed by atoms with Crippen LogP contribution in [0, 0.1) is 18.3 Å². The molecule has 0 saturated carbocycles. The first kappa shape index (κ1) is 16.4. The normalized spacial score (nSPS) is 8.56. The quantitative estimate of drug-likeness (QED) is 0.378. The van der Waals surface area contributed by atoms with Crippen molar-refractivity contribution in [3.05, 3.63) is 29.3 Å². The molecular weight excluding hydrogens is 349 g/mol. The van der Waals surface area contributed by atoms with Crippen LogP contribution in [0.15, 0.2) is 18.2 Å². The molecule has 0 unspecified atom stereocenters. The van der Waals surface area contributed by atoms with E-state index in [1.54, 1.807) is 25.1 Å². The second-order valence-electron chi connectivity index (χ2n) is 3.19. The Balaban J connectivity index is 0.000000631. The largest absolute Gasteiger partial charge is 0.481 e. The van der Waals surface area contributed by atoms with Crippen molar-refractivity contribution in [3.63, 3.8) is 0 Å². The number of aryl methyl sites for hydroxylation is 1. The van der Waals surface area contributed by atoms with Crippen molar-refractivity contribution >= 4 is 34.5 Å².